The first-order chi connectivity index (χ1) is 15.5. The lowest BCUT2D eigenvalue weighted by Crippen LogP contribution is -2.46. The molecule has 32 heavy (non-hydrogen) atoms. The fraction of sp³-hybridized carbons (Fsp3) is 0.200. The number of rotatable bonds is 4. The minimum atomic E-state index is -0.382. The van der Waals surface area contributed by atoms with Crippen molar-refractivity contribution in [2.45, 2.75) is 18.9 Å². The SMILES string of the molecule is N#Cc1cccnc1-c1ccc(C(=O)N2CCC(NC(=O)c3ccc(F)cc3)CC2)cc1. The molecule has 0 bridgehead atoms. The minimum absolute atomic E-state index is 0.0347. The zero-order valence-electron chi connectivity index (χ0n) is 17.3. The Kier molecular flexibility index (Phi) is 6.22. The first kappa shape index (κ1) is 21.2. The van der Waals surface area contributed by atoms with Gasteiger partial charge < -0.3 is 10.2 Å². The maximum absolute atomic E-state index is 13.0. The van der Waals surface area contributed by atoms with Gasteiger partial charge in [-0.05, 0) is 61.4 Å². The molecule has 2 amide bonds. The van der Waals surface area contributed by atoms with Gasteiger partial charge in [0.25, 0.3) is 11.8 Å². The van der Waals surface area contributed by atoms with Crippen molar-refractivity contribution in [1.82, 2.24) is 15.2 Å². The lowest BCUT2D eigenvalue weighted by atomic mass is 10.0. The molecular weight excluding hydrogens is 407 g/mol. The van der Waals surface area contributed by atoms with Crippen LogP contribution in [0, 0.1) is 17.1 Å². The molecule has 160 valence electrons. The quantitative estimate of drug-likeness (QED) is 0.685. The molecule has 0 spiro atoms. The van der Waals surface area contributed by atoms with E-state index in [1.165, 1.54) is 24.3 Å². The van der Waals surface area contributed by atoms with Crippen LogP contribution in [-0.2, 0) is 0 Å². The number of carbonyl (C=O) groups is 2. The zero-order chi connectivity index (χ0) is 22.5. The third kappa shape index (κ3) is 4.65. The number of halogens is 1. The van der Waals surface area contributed by atoms with Crippen LogP contribution in [0.15, 0.2) is 66.9 Å². The first-order valence-electron chi connectivity index (χ1n) is 10.4. The second-order valence-corrected chi connectivity index (χ2v) is 7.64. The van der Waals surface area contributed by atoms with E-state index in [2.05, 4.69) is 16.4 Å². The summed E-state index contributed by atoms with van der Waals surface area (Å²) in [6, 6.07) is 18.0. The number of pyridine rings is 1. The predicted octanol–water partition coefficient (Wildman–Crippen LogP) is 3.79. The maximum Gasteiger partial charge on any atom is 0.253 e. The largest absolute Gasteiger partial charge is 0.349 e. The van der Waals surface area contributed by atoms with Gasteiger partial charge in [0.05, 0.1) is 11.3 Å². The van der Waals surface area contributed by atoms with E-state index in [4.69, 9.17) is 0 Å². The lowest BCUT2D eigenvalue weighted by Gasteiger charge is -2.32. The summed E-state index contributed by atoms with van der Waals surface area (Å²) in [6.07, 6.45) is 2.93. The van der Waals surface area contributed by atoms with Gasteiger partial charge in [-0.1, -0.05) is 12.1 Å². The topological polar surface area (TPSA) is 86.1 Å². The molecule has 2 heterocycles. The molecule has 1 N–H and O–H groups in total. The van der Waals surface area contributed by atoms with Gasteiger partial charge in [0.15, 0.2) is 0 Å². The first-order valence-corrected chi connectivity index (χ1v) is 10.4. The fourth-order valence-corrected chi connectivity index (χ4v) is 3.78. The van der Waals surface area contributed by atoms with Crippen molar-refractivity contribution in [1.29, 1.82) is 5.26 Å². The van der Waals surface area contributed by atoms with E-state index in [0.29, 0.717) is 48.3 Å². The normalized spacial score (nSPS) is 13.9. The summed E-state index contributed by atoms with van der Waals surface area (Å²) >= 11 is 0. The molecule has 0 atom stereocenters. The van der Waals surface area contributed by atoms with Crippen LogP contribution in [0.2, 0.25) is 0 Å². The standard InChI is InChI=1S/C25H21FN4O2/c26-21-9-7-18(8-10-21)24(31)29-22-11-14-30(15-12-22)25(32)19-5-3-17(4-6-19)23-20(16-27)2-1-13-28-23/h1-10,13,22H,11-12,14-15H2,(H,29,31). The molecule has 1 fully saturated rings. The molecule has 1 aliphatic heterocycles. The summed E-state index contributed by atoms with van der Waals surface area (Å²) in [6.45, 7) is 1.07. The van der Waals surface area contributed by atoms with Crippen LogP contribution in [0.5, 0.6) is 0 Å². The highest BCUT2D eigenvalue weighted by atomic mass is 19.1. The highest BCUT2D eigenvalue weighted by Crippen LogP contribution is 2.22. The summed E-state index contributed by atoms with van der Waals surface area (Å²) in [5, 5.41) is 12.2. The predicted molar refractivity (Wildman–Crippen MR) is 117 cm³/mol. The molecule has 0 saturated carbocycles. The Hall–Kier alpha value is -4.05. The van der Waals surface area contributed by atoms with E-state index in [0.717, 1.165) is 5.56 Å². The Labute approximate surface area is 185 Å². The fourth-order valence-electron chi connectivity index (χ4n) is 3.78. The molecule has 6 nitrogen and oxygen atoms in total. The van der Waals surface area contributed by atoms with E-state index in [1.54, 1.807) is 47.5 Å². The summed E-state index contributed by atoms with van der Waals surface area (Å²) < 4.78 is 13.0. The van der Waals surface area contributed by atoms with Crippen LogP contribution in [-0.4, -0.2) is 40.8 Å². The summed E-state index contributed by atoms with van der Waals surface area (Å²) in [5.74, 6) is -0.690. The van der Waals surface area contributed by atoms with Crippen molar-refractivity contribution in [3.63, 3.8) is 0 Å². The number of benzene rings is 2. The van der Waals surface area contributed by atoms with Gasteiger partial charge in [-0.3, -0.25) is 14.6 Å². The van der Waals surface area contributed by atoms with Gasteiger partial charge in [0.1, 0.15) is 11.9 Å². The Morgan fingerprint density at radius 2 is 1.66 bits per heavy atom. The van der Waals surface area contributed by atoms with Crippen LogP contribution in [0.3, 0.4) is 0 Å². The van der Waals surface area contributed by atoms with Crippen LogP contribution in [0.1, 0.15) is 39.1 Å². The molecule has 7 heteroatoms. The molecular formula is C25H21FN4O2. The van der Waals surface area contributed by atoms with E-state index in [-0.39, 0.29) is 23.7 Å². The van der Waals surface area contributed by atoms with Gasteiger partial charge in [-0.25, -0.2) is 4.39 Å². The summed E-state index contributed by atoms with van der Waals surface area (Å²) in [5.41, 5.74) is 2.83. The second kappa shape index (κ2) is 9.40. The van der Waals surface area contributed by atoms with Crippen molar-refractivity contribution in [3.05, 3.63) is 89.4 Å². The highest BCUT2D eigenvalue weighted by Gasteiger charge is 2.25. The molecule has 0 unspecified atom stereocenters. The summed E-state index contributed by atoms with van der Waals surface area (Å²) in [4.78, 5) is 31.3. The van der Waals surface area contributed by atoms with Crippen LogP contribution in [0.4, 0.5) is 4.39 Å². The van der Waals surface area contributed by atoms with Crippen molar-refractivity contribution in [2.24, 2.45) is 0 Å². The smallest absolute Gasteiger partial charge is 0.253 e. The number of carbonyl (C=O) groups excluding carboxylic acids is 2. The number of aromatic nitrogens is 1. The number of likely N-dealkylation sites (tertiary alicyclic amines) is 1. The molecule has 1 aliphatic rings. The monoisotopic (exact) mass is 428 g/mol. The Morgan fingerprint density at radius 1 is 1.00 bits per heavy atom. The molecule has 1 aromatic heterocycles. The van der Waals surface area contributed by atoms with Gasteiger partial charge in [0, 0.05) is 42.0 Å². The average Bonchev–Trinajstić information content (AvgIpc) is 2.84. The number of piperidine rings is 1. The Bertz CT molecular complexity index is 1160. The second-order valence-electron chi connectivity index (χ2n) is 7.64. The van der Waals surface area contributed by atoms with Gasteiger partial charge in [-0.15, -0.1) is 0 Å². The van der Waals surface area contributed by atoms with Crippen molar-refractivity contribution < 1.29 is 14.0 Å². The molecule has 0 radical (unpaired) electrons. The van der Waals surface area contributed by atoms with Crippen molar-refractivity contribution in [2.75, 3.05) is 13.1 Å². The van der Waals surface area contributed by atoms with E-state index >= 15 is 0 Å². The summed E-state index contributed by atoms with van der Waals surface area (Å²) in [7, 11) is 0. The molecule has 3 aromatic rings. The minimum Gasteiger partial charge on any atom is -0.349 e. The van der Waals surface area contributed by atoms with Crippen LogP contribution >= 0.6 is 0 Å². The maximum atomic E-state index is 13.0. The van der Waals surface area contributed by atoms with E-state index < -0.39 is 0 Å². The van der Waals surface area contributed by atoms with E-state index in [9.17, 15) is 19.2 Å². The average molecular weight is 428 g/mol. The van der Waals surface area contributed by atoms with Crippen LogP contribution < -0.4 is 5.32 Å². The van der Waals surface area contributed by atoms with Gasteiger partial charge >= 0.3 is 0 Å². The third-order valence-corrected chi connectivity index (χ3v) is 5.56. The number of nitriles is 1. The number of hydrogen-bond acceptors (Lipinski definition) is 4. The van der Waals surface area contributed by atoms with Crippen LogP contribution in [0.25, 0.3) is 11.3 Å². The van der Waals surface area contributed by atoms with E-state index in [1.807, 2.05) is 0 Å². The lowest BCUT2D eigenvalue weighted by molar-refractivity contribution is 0.0698. The molecule has 4 rings (SSSR count). The molecule has 1 saturated heterocycles. The van der Waals surface area contributed by atoms with Crippen molar-refractivity contribution in [3.8, 4) is 17.3 Å². The molecule has 0 aliphatic carbocycles. The van der Waals surface area contributed by atoms with Gasteiger partial charge in [-0.2, -0.15) is 5.26 Å². The molecule has 2 aromatic carbocycles. The number of hydrogen-bond donors (Lipinski definition) is 1. The van der Waals surface area contributed by atoms with Gasteiger partial charge in [0.2, 0.25) is 0 Å². The Balaban J connectivity index is 1.35. The number of nitrogens with zero attached hydrogens (tertiary/aromatic N) is 3. The Morgan fingerprint density at radius 3 is 2.31 bits per heavy atom. The van der Waals surface area contributed by atoms with Crippen molar-refractivity contribution >= 4 is 11.8 Å². The number of nitrogens with one attached hydrogen (secondary N) is 1. The number of amides is 2. The zero-order valence-corrected chi connectivity index (χ0v) is 17.3. The third-order valence-electron chi connectivity index (χ3n) is 5.56. The highest BCUT2D eigenvalue weighted by molar-refractivity contribution is 5.95.